The van der Waals surface area contributed by atoms with Crippen LogP contribution in [-0.2, 0) is 0 Å². The first kappa shape index (κ1) is 14.3. The first-order valence-corrected chi connectivity index (χ1v) is 7.90. The average molecular weight is 254 g/mol. The van der Waals surface area contributed by atoms with Gasteiger partial charge in [0.05, 0.1) is 0 Å². The number of aliphatic hydroxyl groups is 1. The van der Waals surface area contributed by atoms with Crippen molar-refractivity contribution < 1.29 is 5.11 Å². The van der Waals surface area contributed by atoms with E-state index < -0.39 is 0 Å². The molecule has 0 aromatic carbocycles. The maximum Gasteiger partial charge on any atom is 0.0446 e. The Morgan fingerprint density at radius 1 is 1.11 bits per heavy atom. The van der Waals surface area contributed by atoms with Crippen molar-refractivity contribution in [3.05, 3.63) is 0 Å². The van der Waals surface area contributed by atoms with E-state index >= 15 is 0 Å². The fourth-order valence-corrected chi connectivity index (χ4v) is 3.56. The van der Waals surface area contributed by atoms with Gasteiger partial charge in [0, 0.05) is 31.3 Å². The van der Waals surface area contributed by atoms with E-state index in [0.717, 1.165) is 19.0 Å². The summed E-state index contributed by atoms with van der Waals surface area (Å²) in [5, 5.41) is 12.8. The SMILES string of the molecule is CC1CCN(C2CCCCCC2)CC(CCO)N1. The molecule has 106 valence electrons. The normalized spacial score (nSPS) is 33.0. The Morgan fingerprint density at radius 3 is 2.50 bits per heavy atom. The maximum absolute atomic E-state index is 9.18. The molecule has 2 fully saturated rings. The van der Waals surface area contributed by atoms with E-state index in [0.29, 0.717) is 18.7 Å². The summed E-state index contributed by atoms with van der Waals surface area (Å²) >= 11 is 0. The maximum atomic E-state index is 9.18. The Hall–Kier alpha value is -0.120. The number of nitrogens with zero attached hydrogens (tertiary/aromatic N) is 1. The molecule has 1 saturated carbocycles. The molecule has 1 saturated heterocycles. The molecule has 0 bridgehead atoms. The van der Waals surface area contributed by atoms with Gasteiger partial charge >= 0.3 is 0 Å². The van der Waals surface area contributed by atoms with E-state index in [1.54, 1.807) is 0 Å². The molecule has 0 radical (unpaired) electrons. The van der Waals surface area contributed by atoms with Crippen molar-refractivity contribution in [2.45, 2.75) is 76.4 Å². The summed E-state index contributed by atoms with van der Waals surface area (Å²) in [5.74, 6) is 0. The zero-order valence-corrected chi connectivity index (χ0v) is 11.9. The van der Waals surface area contributed by atoms with Crippen LogP contribution in [0.15, 0.2) is 0 Å². The van der Waals surface area contributed by atoms with E-state index in [2.05, 4.69) is 17.1 Å². The summed E-state index contributed by atoms with van der Waals surface area (Å²) < 4.78 is 0. The van der Waals surface area contributed by atoms with Gasteiger partial charge in [-0.25, -0.2) is 0 Å². The number of rotatable bonds is 3. The minimum Gasteiger partial charge on any atom is -0.396 e. The molecule has 0 amide bonds. The molecule has 1 aliphatic heterocycles. The molecular weight excluding hydrogens is 224 g/mol. The second kappa shape index (κ2) is 7.46. The summed E-state index contributed by atoms with van der Waals surface area (Å²) in [7, 11) is 0. The lowest BCUT2D eigenvalue weighted by atomic mass is 10.1. The van der Waals surface area contributed by atoms with Crippen LogP contribution in [0.5, 0.6) is 0 Å². The van der Waals surface area contributed by atoms with Crippen molar-refractivity contribution in [1.29, 1.82) is 0 Å². The first-order valence-electron chi connectivity index (χ1n) is 7.90. The van der Waals surface area contributed by atoms with Crippen molar-refractivity contribution in [3.8, 4) is 0 Å². The lowest BCUT2D eigenvalue weighted by Gasteiger charge is -2.32. The molecule has 1 heterocycles. The molecule has 0 aromatic rings. The van der Waals surface area contributed by atoms with E-state index in [-0.39, 0.29) is 0 Å². The van der Waals surface area contributed by atoms with Gasteiger partial charge in [-0.05, 0) is 39.2 Å². The van der Waals surface area contributed by atoms with E-state index in [4.69, 9.17) is 0 Å². The summed E-state index contributed by atoms with van der Waals surface area (Å²) in [6.45, 7) is 4.96. The van der Waals surface area contributed by atoms with Gasteiger partial charge in [-0.15, -0.1) is 0 Å². The molecule has 3 heteroatoms. The van der Waals surface area contributed by atoms with Crippen LogP contribution >= 0.6 is 0 Å². The summed E-state index contributed by atoms with van der Waals surface area (Å²) in [6.07, 6.45) is 10.6. The standard InChI is InChI=1S/C15H30N2O/c1-13-8-10-17(12-14(16-13)9-11-18)15-6-4-2-3-5-7-15/h13-16,18H,2-12H2,1H3. The van der Waals surface area contributed by atoms with Crippen LogP contribution in [0.2, 0.25) is 0 Å². The van der Waals surface area contributed by atoms with Crippen LogP contribution in [0.3, 0.4) is 0 Å². The zero-order valence-electron chi connectivity index (χ0n) is 11.9. The summed E-state index contributed by atoms with van der Waals surface area (Å²) in [6, 6.07) is 1.88. The van der Waals surface area contributed by atoms with E-state index in [1.165, 1.54) is 51.5 Å². The predicted octanol–water partition coefficient (Wildman–Crippen LogP) is 2.14. The van der Waals surface area contributed by atoms with Crippen molar-refractivity contribution in [2.24, 2.45) is 0 Å². The largest absolute Gasteiger partial charge is 0.396 e. The van der Waals surface area contributed by atoms with Crippen LogP contribution in [0.4, 0.5) is 0 Å². The van der Waals surface area contributed by atoms with Crippen LogP contribution in [0.25, 0.3) is 0 Å². The number of hydrogen-bond acceptors (Lipinski definition) is 3. The van der Waals surface area contributed by atoms with Gasteiger partial charge in [-0.3, -0.25) is 4.90 Å². The van der Waals surface area contributed by atoms with Gasteiger partial charge in [0.2, 0.25) is 0 Å². The van der Waals surface area contributed by atoms with Gasteiger partial charge in [0.25, 0.3) is 0 Å². The molecule has 0 aromatic heterocycles. The van der Waals surface area contributed by atoms with Crippen LogP contribution in [0.1, 0.15) is 58.3 Å². The van der Waals surface area contributed by atoms with Crippen LogP contribution in [-0.4, -0.2) is 47.8 Å². The Kier molecular flexibility index (Phi) is 5.93. The Bertz CT molecular complexity index is 227. The molecule has 3 nitrogen and oxygen atoms in total. The minimum atomic E-state index is 0.308. The fraction of sp³-hybridized carbons (Fsp3) is 1.00. The van der Waals surface area contributed by atoms with E-state index in [9.17, 15) is 5.11 Å². The van der Waals surface area contributed by atoms with Gasteiger partial charge in [-0.1, -0.05) is 25.7 Å². The Balaban J connectivity index is 1.92. The molecule has 2 unspecified atom stereocenters. The molecule has 18 heavy (non-hydrogen) atoms. The first-order chi connectivity index (χ1) is 8.79. The highest BCUT2D eigenvalue weighted by atomic mass is 16.3. The minimum absolute atomic E-state index is 0.308. The van der Waals surface area contributed by atoms with Crippen molar-refractivity contribution >= 4 is 0 Å². The molecule has 2 aliphatic rings. The van der Waals surface area contributed by atoms with E-state index in [1.807, 2.05) is 0 Å². The molecule has 1 aliphatic carbocycles. The van der Waals surface area contributed by atoms with Gasteiger partial charge in [-0.2, -0.15) is 0 Å². The zero-order chi connectivity index (χ0) is 12.8. The van der Waals surface area contributed by atoms with Crippen molar-refractivity contribution in [1.82, 2.24) is 10.2 Å². The second-order valence-corrected chi connectivity index (χ2v) is 6.21. The lowest BCUT2D eigenvalue weighted by Crippen LogP contribution is -2.44. The predicted molar refractivity (Wildman–Crippen MR) is 75.8 cm³/mol. The fourth-order valence-electron chi connectivity index (χ4n) is 3.56. The molecule has 0 spiro atoms. The molecule has 2 N–H and O–H groups in total. The highest BCUT2D eigenvalue weighted by Gasteiger charge is 2.26. The lowest BCUT2D eigenvalue weighted by molar-refractivity contribution is 0.165. The monoisotopic (exact) mass is 254 g/mol. The highest BCUT2D eigenvalue weighted by molar-refractivity contribution is 4.85. The third-order valence-electron chi connectivity index (χ3n) is 4.64. The number of aliphatic hydroxyl groups excluding tert-OH is 1. The summed E-state index contributed by atoms with van der Waals surface area (Å²) in [5.41, 5.74) is 0. The van der Waals surface area contributed by atoms with Gasteiger partial charge < -0.3 is 10.4 Å². The molecule has 2 atom stereocenters. The van der Waals surface area contributed by atoms with Crippen molar-refractivity contribution in [2.75, 3.05) is 19.7 Å². The Labute approximate surface area is 112 Å². The summed E-state index contributed by atoms with van der Waals surface area (Å²) in [4.78, 5) is 2.71. The molecule has 2 rings (SSSR count). The number of hydrogen-bond donors (Lipinski definition) is 2. The highest BCUT2D eigenvalue weighted by Crippen LogP contribution is 2.23. The second-order valence-electron chi connectivity index (χ2n) is 6.21. The van der Waals surface area contributed by atoms with Gasteiger partial charge in [0.1, 0.15) is 0 Å². The quantitative estimate of drug-likeness (QED) is 0.758. The third kappa shape index (κ3) is 4.22. The number of nitrogens with one attached hydrogen (secondary N) is 1. The van der Waals surface area contributed by atoms with Gasteiger partial charge in [0.15, 0.2) is 0 Å². The topological polar surface area (TPSA) is 35.5 Å². The average Bonchev–Trinajstić information content (AvgIpc) is 2.70. The van der Waals surface area contributed by atoms with Crippen molar-refractivity contribution in [3.63, 3.8) is 0 Å². The Morgan fingerprint density at radius 2 is 1.83 bits per heavy atom. The third-order valence-corrected chi connectivity index (χ3v) is 4.64. The molecular formula is C15H30N2O. The van der Waals surface area contributed by atoms with Crippen LogP contribution < -0.4 is 5.32 Å². The van der Waals surface area contributed by atoms with Crippen LogP contribution in [0, 0.1) is 0 Å². The smallest absolute Gasteiger partial charge is 0.0446 e.